The molecule has 0 unspecified atom stereocenters. The quantitative estimate of drug-likeness (QED) is 0.520. The molecular formula is C17H12Br2N2O2S. The average Bonchev–Trinajstić information content (AvgIpc) is 2.77. The Kier molecular flexibility index (Phi) is 4.76. The van der Waals surface area contributed by atoms with Gasteiger partial charge in [-0.1, -0.05) is 18.2 Å². The smallest absolute Gasteiger partial charge is 0.281 e. The summed E-state index contributed by atoms with van der Waals surface area (Å²) in [6, 6.07) is 12.8. The van der Waals surface area contributed by atoms with Crippen molar-refractivity contribution in [1.29, 1.82) is 0 Å². The van der Waals surface area contributed by atoms with Gasteiger partial charge in [0.05, 0.1) is 14.6 Å². The van der Waals surface area contributed by atoms with Crippen molar-refractivity contribution in [3.63, 3.8) is 0 Å². The summed E-state index contributed by atoms with van der Waals surface area (Å²) in [7, 11) is 1.76. The van der Waals surface area contributed by atoms with Gasteiger partial charge in [-0.3, -0.25) is 9.69 Å². The van der Waals surface area contributed by atoms with Gasteiger partial charge in [0.1, 0.15) is 11.4 Å². The van der Waals surface area contributed by atoms with Crippen molar-refractivity contribution in [2.24, 2.45) is 0 Å². The van der Waals surface area contributed by atoms with Gasteiger partial charge in [0, 0.05) is 7.05 Å². The minimum Gasteiger partial charge on any atom is -0.506 e. The van der Waals surface area contributed by atoms with E-state index in [1.54, 1.807) is 30.2 Å². The van der Waals surface area contributed by atoms with E-state index < -0.39 is 0 Å². The lowest BCUT2D eigenvalue weighted by atomic mass is 10.1. The van der Waals surface area contributed by atoms with Crippen molar-refractivity contribution in [2.45, 2.75) is 0 Å². The number of phenolic OH excluding ortho intramolecular Hbond substituents is 1. The van der Waals surface area contributed by atoms with E-state index in [4.69, 9.17) is 12.2 Å². The predicted molar refractivity (Wildman–Crippen MR) is 106 cm³/mol. The Morgan fingerprint density at radius 1 is 1.12 bits per heavy atom. The molecule has 2 aromatic rings. The van der Waals surface area contributed by atoms with E-state index in [2.05, 4.69) is 31.9 Å². The molecule has 1 aliphatic heterocycles. The van der Waals surface area contributed by atoms with Crippen LogP contribution in [0.1, 0.15) is 5.56 Å². The van der Waals surface area contributed by atoms with Gasteiger partial charge in [-0.15, -0.1) is 0 Å². The highest BCUT2D eigenvalue weighted by Gasteiger charge is 2.36. The number of phenols is 1. The Balaban J connectivity index is 2.03. The molecule has 0 atom stereocenters. The molecule has 1 heterocycles. The number of hydrogen-bond donors (Lipinski definition) is 1. The van der Waals surface area contributed by atoms with Crippen LogP contribution in [0.2, 0.25) is 0 Å². The summed E-state index contributed by atoms with van der Waals surface area (Å²) < 4.78 is 1.08. The third kappa shape index (κ3) is 2.99. The minimum atomic E-state index is -0.186. The maximum Gasteiger partial charge on any atom is 0.281 e. The number of hydrogen-bond acceptors (Lipinski definition) is 3. The number of anilines is 1. The first-order valence-electron chi connectivity index (χ1n) is 6.97. The van der Waals surface area contributed by atoms with E-state index in [0.29, 0.717) is 19.8 Å². The van der Waals surface area contributed by atoms with E-state index >= 15 is 0 Å². The molecule has 1 saturated heterocycles. The molecule has 1 N–H and O–H groups in total. The number of amides is 1. The lowest BCUT2D eigenvalue weighted by molar-refractivity contribution is -0.114. The highest BCUT2D eigenvalue weighted by Crippen LogP contribution is 2.35. The Bertz CT molecular complexity index is 845. The number of para-hydroxylation sites is 1. The number of carbonyl (C=O) groups is 1. The molecule has 0 spiro atoms. The van der Waals surface area contributed by atoms with Gasteiger partial charge >= 0.3 is 0 Å². The largest absolute Gasteiger partial charge is 0.506 e. The molecule has 122 valence electrons. The molecular weight excluding hydrogens is 456 g/mol. The van der Waals surface area contributed by atoms with Crippen molar-refractivity contribution >= 4 is 66.9 Å². The van der Waals surface area contributed by atoms with Crippen LogP contribution in [0.3, 0.4) is 0 Å². The number of rotatable bonds is 2. The number of nitrogens with zero attached hydrogens (tertiary/aromatic N) is 2. The van der Waals surface area contributed by atoms with Gasteiger partial charge in [-0.05, 0) is 80.0 Å². The molecule has 0 aliphatic carbocycles. The SMILES string of the molecule is CN1C(=S)N(c2ccccc2)C(=O)/C1=C/c1cc(Br)c(O)c(Br)c1. The van der Waals surface area contributed by atoms with Crippen LogP contribution < -0.4 is 4.90 Å². The first-order valence-corrected chi connectivity index (χ1v) is 8.96. The van der Waals surface area contributed by atoms with E-state index in [1.165, 1.54) is 4.90 Å². The molecule has 3 rings (SSSR count). The van der Waals surface area contributed by atoms with E-state index in [1.807, 2.05) is 30.3 Å². The summed E-state index contributed by atoms with van der Waals surface area (Å²) in [6.07, 6.45) is 1.74. The minimum absolute atomic E-state index is 0.115. The molecule has 0 radical (unpaired) electrons. The molecule has 1 fully saturated rings. The third-order valence-corrected chi connectivity index (χ3v) is 5.28. The molecule has 2 aromatic carbocycles. The molecule has 0 bridgehead atoms. The Morgan fingerprint density at radius 3 is 2.29 bits per heavy atom. The highest BCUT2D eigenvalue weighted by molar-refractivity contribution is 9.11. The fraction of sp³-hybridized carbons (Fsp3) is 0.0588. The molecule has 4 nitrogen and oxygen atoms in total. The average molecular weight is 468 g/mol. The zero-order valence-corrected chi connectivity index (χ0v) is 16.5. The number of halogens is 2. The van der Waals surface area contributed by atoms with E-state index in [0.717, 1.165) is 11.3 Å². The number of benzene rings is 2. The Hall–Kier alpha value is -1.70. The molecule has 1 amide bonds. The number of carbonyl (C=O) groups excluding carboxylic acids is 1. The van der Waals surface area contributed by atoms with Crippen LogP contribution >= 0.6 is 44.1 Å². The molecule has 0 saturated carbocycles. The topological polar surface area (TPSA) is 43.8 Å². The number of aromatic hydroxyl groups is 1. The molecule has 7 heteroatoms. The summed E-state index contributed by atoms with van der Waals surface area (Å²) in [6.45, 7) is 0. The van der Waals surface area contributed by atoms with Gasteiger partial charge in [-0.25, -0.2) is 0 Å². The van der Waals surface area contributed by atoms with Gasteiger partial charge in [0.25, 0.3) is 5.91 Å². The number of thiocarbonyl (C=S) groups is 1. The first kappa shape index (κ1) is 17.1. The van der Waals surface area contributed by atoms with Crippen LogP contribution in [0.5, 0.6) is 5.75 Å². The summed E-state index contributed by atoms with van der Waals surface area (Å²) in [5, 5.41) is 10.2. The Labute approximate surface area is 161 Å². The standard InChI is InChI=1S/C17H12Br2N2O2S/c1-20-14(9-10-7-12(18)15(22)13(19)8-10)16(23)21(17(20)24)11-5-3-2-4-6-11/h2-9,22H,1H3/b14-9-. The highest BCUT2D eigenvalue weighted by atomic mass is 79.9. The van der Waals surface area contributed by atoms with Crippen molar-refractivity contribution in [3.05, 3.63) is 62.7 Å². The van der Waals surface area contributed by atoms with E-state index in [-0.39, 0.29) is 11.7 Å². The van der Waals surface area contributed by atoms with Crippen LogP contribution in [0, 0.1) is 0 Å². The third-order valence-electron chi connectivity index (χ3n) is 3.62. The molecule has 0 aromatic heterocycles. The summed E-state index contributed by atoms with van der Waals surface area (Å²) in [5.41, 5.74) is 1.96. The van der Waals surface area contributed by atoms with Crippen molar-refractivity contribution in [1.82, 2.24) is 4.90 Å². The van der Waals surface area contributed by atoms with Crippen LogP contribution in [0.15, 0.2) is 57.1 Å². The van der Waals surface area contributed by atoms with Crippen LogP contribution in [-0.4, -0.2) is 28.1 Å². The summed E-state index contributed by atoms with van der Waals surface area (Å²) in [5.74, 6) is -0.0706. The first-order chi connectivity index (χ1) is 11.4. The second-order valence-electron chi connectivity index (χ2n) is 5.18. The van der Waals surface area contributed by atoms with E-state index in [9.17, 15) is 9.90 Å². The predicted octanol–water partition coefficient (Wildman–Crippen LogP) is 4.52. The second-order valence-corrected chi connectivity index (χ2v) is 7.25. The number of likely N-dealkylation sites (N-methyl/N-ethyl adjacent to an activating group) is 1. The maximum atomic E-state index is 12.8. The fourth-order valence-electron chi connectivity index (χ4n) is 2.39. The van der Waals surface area contributed by atoms with Crippen LogP contribution in [0.25, 0.3) is 6.08 Å². The molecule has 1 aliphatic rings. The normalized spacial score (nSPS) is 16.4. The van der Waals surface area contributed by atoms with Crippen LogP contribution in [-0.2, 0) is 4.79 Å². The molecule has 24 heavy (non-hydrogen) atoms. The zero-order chi connectivity index (χ0) is 17.4. The fourth-order valence-corrected chi connectivity index (χ4v) is 3.90. The Morgan fingerprint density at radius 2 is 1.71 bits per heavy atom. The van der Waals surface area contributed by atoms with Gasteiger partial charge in [-0.2, -0.15) is 0 Å². The van der Waals surface area contributed by atoms with Crippen molar-refractivity contribution in [3.8, 4) is 5.75 Å². The van der Waals surface area contributed by atoms with Crippen LogP contribution in [0.4, 0.5) is 5.69 Å². The lowest BCUT2D eigenvalue weighted by Gasteiger charge is -2.16. The monoisotopic (exact) mass is 466 g/mol. The maximum absolute atomic E-state index is 12.8. The van der Waals surface area contributed by atoms with Crippen molar-refractivity contribution in [2.75, 3.05) is 11.9 Å². The summed E-state index contributed by atoms with van der Waals surface area (Å²) >= 11 is 12.0. The second kappa shape index (κ2) is 6.66. The van der Waals surface area contributed by atoms with Gasteiger partial charge in [0.2, 0.25) is 0 Å². The lowest BCUT2D eigenvalue weighted by Crippen LogP contribution is -2.30. The zero-order valence-electron chi connectivity index (χ0n) is 12.5. The van der Waals surface area contributed by atoms with Gasteiger partial charge in [0.15, 0.2) is 5.11 Å². The van der Waals surface area contributed by atoms with Crippen molar-refractivity contribution < 1.29 is 9.90 Å². The summed E-state index contributed by atoms with van der Waals surface area (Å²) in [4.78, 5) is 16.0. The van der Waals surface area contributed by atoms with Gasteiger partial charge < -0.3 is 10.0 Å².